The first kappa shape index (κ1) is 17.5. The largest absolute Gasteiger partial charge is 0.360 e. The molecule has 1 aromatic carbocycles. The van der Waals surface area contributed by atoms with Gasteiger partial charge in [0, 0.05) is 23.4 Å². The summed E-state index contributed by atoms with van der Waals surface area (Å²) in [6.07, 6.45) is 5.28. The first-order chi connectivity index (χ1) is 9.93. The van der Waals surface area contributed by atoms with Gasteiger partial charge in [0.05, 0.1) is 0 Å². The molecule has 1 unspecified atom stereocenters. The van der Waals surface area contributed by atoms with E-state index in [0.29, 0.717) is 6.42 Å². The average molecular weight is 287 g/mol. The summed E-state index contributed by atoms with van der Waals surface area (Å²) in [6.45, 7) is 12.3. The van der Waals surface area contributed by atoms with E-state index < -0.39 is 0 Å². The van der Waals surface area contributed by atoms with Gasteiger partial charge in [-0.3, -0.25) is 4.79 Å². The number of benzene rings is 1. The quantitative estimate of drug-likeness (QED) is 0.588. The Bertz CT molecular complexity index is 490. The van der Waals surface area contributed by atoms with Crippen LogP contribution < -0.4 is 5.32 Å². The third-order valence-corrected chi connectivity index (χ3v) is 3.78. The molecule has 0 aromatic heterocycles. The number of nitrogens with one attached hydrogen (secondary N) is 1. The summed E-state index contributed by atoms with van der Waals surface area (Å²) in [5, 5.41) is 3.21. The molecule has 2 nitrogen and oxygen atoms in total. The Morgan fingerprint density at radius 2 is 2.05 bits per heavy atom. The molecule has 116 valence electrons. The molecule has 1 rings (SSSR count). The number of allylic oxidation sites excluding steroid dienone is 1. The lowest BCUT2D eigenvalue weighted by Crippen LogP contribution is -2.03. The van der Waals surface area contributed by atoms with Crippen LogP contribution in [0.25, 0.3) is 0 Å². The van der Waals surface area contributed by atoms with Crippen LogP contribution in [-0.2, 0) is 0 Å². The van der Waals surface area contributed by atoms with Crippen molar-refractivity contribution in [2.24, 2.45) is 5.92 Å². The van der Waals surface area contributed by atoms with Crippen molar-refractivity contribution in [1.29, 1.82) is 0 Å². The number of Topliss-reactive ketones (excluding diaryl/α,β-unsaturated/α-hetero) is 1. The fourth-order valence-electron chi connectivity index (χ4n) is 2.60. The van der Waals surface area contributed by atoms with E-state index in [-0.39, 0.29) is 5.78 Å². The van der Waals surface area contributed by atoms with Gasteiger partial charge in [-0.15, -0.1) is 0 Å². The summed E-state index contributed by atoms with van der Waals surface area (Å²) in [5.74, 6) is 0.982. The van der Waals surface area contributed by atoms with Crippen molar-refractivity contribution in [2.45, 2.75) is 59.8 Å². The summed E-state index contributed by atoms with van der Waals surface area (Å²) in [7, 11) is 0. The minimum Gasteiger partial charge on any atom is -0.360 e. The summed E-state index contributed by atoms with van der Waals surface area (Å²) in [6, 6.07) is 5.86. The Kier molecular flexibility index (Phi) is 7.21. The average Bonchev–Trinajstić information content (AvgIpc) is 2.40. The minimum atomic E-state index is 0.253. The number of aryl methyl sites for hydroxylation is 1. The molecule has 1 aromatic rings. The van der Waals surface area contributed by atoms with Gasteiger partial charge in [0.2, 0.25) is 0 Å². The lowest BCUT2D eigenvalue weighted by molar-refractivity contribution is 0.0977. The summed E-state index contributed by atoms with van der Waals surface area (Å²) in [5.41, 5.74) is 3.84. The van der Waals surface area contributed by atoms with E-state index in [2.05, 4.69) is 25.7 Å². The van der Waals surface area contributed by atoms with Crippen LogP contribution in [0.4, 0.5) is 5.69 Å². The summed E-state index contributed by atoms with van der Waals surface area (Å²) in [4.78, 5) is 12.2. The van der Waals surface area contributed by atoms with E-state index in [1.807, 2.05) is 32.0 Å². The molecule has 0 amide bonds. The minimum absolute atomic E-state index is 0.253. The summed E-state index contributed by atoms with van der Waals surface area (Å²) >= 11 is 0. The van der Waals surface area contributed by atoms with E-state index in [1.165, 1.54) is 12.8 Å². The second-order valence-corrected chi connectivity index (χ2v) is 6.14. The van der Waals surface area contributed by atoms with Crippen LogP contribution in [0.2, 0.25) is 0 Å². The number of carbonyl (C=O) groups excluding carboxylic acids is 1. The van der Waals surface area contributed by atoms with E-state index in [0.717, 1.165) is 41.3 Å². The van der Waals surface area contributed by atoms with Crippen molar-refractivity contribution in [3.05, 3.63) is 41.6 Å². The Morgan fingerprint density at radius 1 is 1.33 bits per heavy atom. The number of rotatable bonds is 9. The van der Waals surface area contributed by atoms with Crippen LogP contribution in [0.1, 0.15) is 68.8 Å². The van der Waals surface area contributed by atoms with Crippen LogP contribution in [0.3, 0.4) is 0 Å². The van der Waals surface area contributed by atoms with Crippen molar-refractivity contribution >= 4 is 11.5 Å². The van der Waals surface area contributed by atoms with Crippen LogP contribution in [0.5, 0.6) is 0 Å². The molecule has 0 fully saturated rings. The molecule has 0 spiro atoms. The zero-order valence-electron chi connectivity index (χ0n) is 14.0. The van der Waals surface area contributed by atoms with Gasteiger partial charge in [0.1, 0.15) is 0 Å². The summed E-state index contributed by atoms with van der Waals surface area (Å²) < 4.78 is 0. The van der Waals surface area contributed by atoms with Gasteiger partial charge in [-0.1, -0.05) is 39.7 Å². The fraction of sp³-hybridized carbons (Fsp3) is 0.526. The predicted octanol–water partition coefficient (Wildman–Crippen LogP) is 5.73. The first-order valence-corrected chi connectivity index (χ1v) is 8.00. The molecule has 1 atom stereocenters. The molecule has 0 heterocycles. The molecule has 0 saturated carbocycles. The van der Waals surface area contributed by atoms with E-state index in [4.69, 9.17) is 0 Å². The van der Waals surface area contributed by atoms with Crippen LogP contribution in [0, 0.1) is 12.8 Å². The molecule has 0 bridgehead atoms. The Morgan fingerprint density at radius 3 is 2.62 bits per heavy atom. The zero-order valence-corrected chi connectivity index (χ0v) is 14.0. The second kappa shape index (κ2) is 8.66. The maximum absolute atomic E-state index is 12.2. The van der Waals surface area contributed by atoms with Gasteiger partial charge in [-0.2, -0.15) is 0 Å². The lowest BCUT2D eigenvalue weighted by atomic mass is 9.96. The second-order valence-electron chi connectivity index (χ2n) is 6.14. The maximum atomic E-state index is 12.2. The highest BCUT2D eigenvalue weighted by Gasteiger charge is 2.09. The molecular weight excluding hydrogens is 258 g/mol. The van der Waals surface area contributed by atoms with Crippen molar-refractivity contribution in [3.63, 3.8) is 0 Å². The Labute approximate surface area is 129 Å². The number of carbonyl (C=O) groups is 1. The number of anilines is 1. The molecule has 0 aliphatic rings. The Hall–Kier alpha value is -1.57. The third-order valence-electron chi connectivity index (χ3n) is 3.78. The molecule has 0 aliphatic heterocycles. The number of hydrogen-bond acceptors (Lipinski definition) is 2. The molecular formula is C19H29NO. The highest BCUT2D eigenvalue weighted by molar-refractivity contribution is 5.96. The highest BCUT2D eigenvalue weighted by atomic mass is 16.1. The molecule has 2 heteroatoms. The smallest absolute Gasteiger partial charge is 0.162 e. The van der Waals surface area contributed by atoms with Gasteiger partial charge >= 0.3 is 0 Å². The molecule has 0 aliphatic carbocycles. The van der Waals surface area contributed by atoms with E-state index in [1.54, 1.807) is 0 Å². The zero-order chi connectivity index (χ0) is 15.8. The van der Waals surface area contributed by atoms with Gasteiger partial charge in [-0.05, 0) is 49.9 Å². The van der Waals surface area contributed by atoms with Crippen LogP contribution in [0.15, 0.2) is 30.5 Å². The molecule has 0 radical (unpaired) electrons. The van der Waals surface area contributed by atoms with Gasteiger partial charge in [0.25, 0.3) is 0 Å². The van der Waals surface area contributed by atoms with Crippen LogP contribution >= 0.6 is 0 Å². The van der Waals surface area contributed by atoms with Gasteiger partial charge in [0.15, 0.2) is 5.78 Å². The molecule has 21 heavy (non-hydrogen) atoms. The first-order valence-electron chi connectivity index (χ1n) is 8.00. The monoisotopic (exact) mass is 287 g/mol. The maximum Gasteiger partial charge on any atom is 0.162 e. The topological polar surface area (TPSA) is 29.1 Å². The van der Waals surface area contributed by atoms with Crippen molar-refractivity contribution in [1.82, 2.24) is 0 Å². The normalized spacial score (nSPS) is 12.0. The van der Waals surface area contributed by atoms with Crippen LogP contribution in [-0.4, -0.2) is 5.78 Å². The van der Waals surface area contributed by atoms with Crippen molar-refractivity contribution < 1.29 is 4.79 Å². The third kappa shape index (κ3) is 6.16. The fourth-order valence-corrected chi connectivity index (χ4v) is 2.60. The standard InChI is InChI=1S/C19H29NO/c1-6-8-15(4)9-7-10-19(21)17-11-12-18(16(5)13-17)20-14(2)3/h11-13,15,20H,2,6-10H2,1,3-5H3. The van der Waals surface area contributed by atoms with E-state index >= 15 is 0 Å². The lowest BCUT2D eigenvalue weighted by Gasteiger charge is -2.11. The van der Waals surface area contributed by atoms with Gasteiger partial charge in [-0.25, -0.2) is 0 Å². The molecule has 1 N–H and O–H groups in total. The number of ketones is 1. The SMILES string of the molecule is C=C(C)Nc1ccc(C(=O)CCCC(C)CCC)cc1C. The number of hydrogen-bond donors (Lipinski definition) is 1. The Balaban J connectivity index is 2.55. The van der Waals surface area contributed by atoms with E-state index in [9.17, 15) is 4.79 Å². The van der Waals surface area contributed by atoms with Crippen molar-refractivity contribution in [3.8, 4) is 0 Å². The van der Waals surface area contributed by atoms with Gasteiger partial charge < -0.3 is 5.32 Å². The van der Waals surface area contributed by atoms with Crippen molar-refractivity contribution in [2.75, 3.05) is 5.32 Å². The highest BCUT2D eigenvalue weighted by Crippen LogP contribution is 2.20. The molecule has 0 saturated heterocycles. The predicted molar refractivity (Wildman–Crippen MR) is 91.9 cm³/mol.